The smallest absolute Gasteiger partial charge is 0.222 e. The molecule has 0 radical (unpaired) electrons. The average molecular weight is 439 g/mol. The lowest BCUT2D eigenvalue weighted by atomic mass is 9.94. The van der Waals surface area contributed by atoms with Gasteiger partial charge in [0, 0.05) is 25.7 Å². The molecule has 0 aliphatic carbocycles. The fourth-order valence-electron chi connectivity index (χ4n) is 4.70. The molecule has 0 saturated carbocycles. The summed E-state index contributed by atoms with van der Waals surface area (Å²) in [6.07, 6.45) is 2.39. The van der Waals surface area contributed by atoms with E-state index in [0.717, 1.165) is 31.4 Å². The Bertz CT molecular complexity index is 832. The van der Waals surface area contributed by atoms with Crippen molar-refractivity contribution in [2.75, 3.05) is 26.3 Å². The molecule has 1 amide bonds. The summed E-state index contributed by atoms with van der Waals surface area (Å²) >= 11 is 0. The molecule has 0 unspecified atom stereocenters. The number of rotatable bonds is 7. The summed E-state index contributed by atoms with van der Waals surface area (Å²) in [6, 6.07) is 20.6. The van der Waals surface area contributed by atoms with E-state index in [1.54, 1.807) is 0 Å². The van der Waals surface area contributed by atoms with Crippen LogP contribution in [0.1, 0.15) is 30.4 Å². The van der Waals surface area contributed by atoms with Gasteiger partial charge >= 0.3 is 0 Å². The molecule has 0 spiro atoms. The maximum atomic E-state index is 12.5. The van der Waals surface area contributed by atoms with E-state index in [2.05, 4.69) is 34.5 Å². The van der Waals surface area contributed by atoms with Gasteiger partial charge in [0.1, 0.15) is 0 Å². The van der Waals surface area contributed by atoms with Crippen molar-refractivity contribution in [3.05, 3.63) is 71.8 Å². The van der Waals surface area contributed by atoms with Crippen molar-refractivity contribution in [3.8, 4) is 0 Å². The molecule has 2 fully saturated rings. The van der Waals surface area contributed by atoms with Crippen molar-refractivity contribution >= 4 is 5.91 Å². The zero-order valence-electron chi connectivity index (χ0n) is 18.6. The number of nitrogens with zero attached hydrogens (tertiary/aromatic N) is 1. The second-order valence-electron chi connectivity index (χ2n) is 8.83. The fraction of sp³-hybridized carbons (Fsp3) is 0.500. The van der Waals surface area contributed by atoms with Gasteiger partial charge in [0.05, 0.1) is 37.9 Å². The standard InChI is InChI=1S/C26H34N2O4/c29-22-17-28(14-13-20-7-3-1-4-8-20)24-12-11-23(32-25(24)19-31-18-22)15-26(30)27-16-21-9-5-2-6-10-21/h1-10,22-25,29H,11-19H2,(H,27,30)/t22-,23-,24+,25-/m1/s1. The topological polar surface area (TPSA) is 71.0 Å². The van der Waals surface area contributed by atoms with Crippen LogP contribution >= 0.6 is 0 Å². The molecule has 2 saturated heterocycles. The number of β-amino-alcohol motifs (C(OH)–C–C–N with tert-alkyl or cyclic N) is 1. The van der Waals surface area contributed by atoms with E-state index in [-0.39, 0.29) is 24.2 Å². The Kier molecular flexibility index (Phi) is 8.29. The van der Waals surface area contributed by atoms with E-state index in [4.69, 9.17) is 9.47 Å². The van der Waals surface area contributed by atoms with Crippen molar-refractivity contribution in [3.63, 3.8) is 0 Å². The summed E-state index contributed by atoms with van der Waals surface area (Å²) in [4.78, 5) is 14.8. The van der Waals surface area contributed by atoms with Gasteiger partial charge in [-0.2, -0.15) is 0 Å². The molecule has 0 aromatic heterocycles. The van der Waals surface area contributed by atoms with E-state index < -0.39 is 6.10 Å². The molecule has 2 N–H and O–H groups in total. The SMILES string of the molecule is O=C(C[C@H]1CC[C@H]2[C@@H](COC[C@H](O)CN2CCc2ccccc2)O1)NCc1ccccc1. The highest BCUT2D eigenvalue weighted by molar-refractivity contribution is 5.76. The number of ether oxygens (including phenoxy) is 2. The number of nitrogens with one attached hydrogen (secondary N) is 1. The van der Waals surface area contributed by atoms with E-state index in [1.165, 1.54) is 5.56 Å². The van der Waals surface area contributed by atoms with Crippen LogP contribution in [0.25, 0.3) is 0 Å². The Hall–Kier alpha value is -2.25. The molecule has 6 heteroatoms. The molecule has 4 atom stereocenters. The molecule has 6 nitrogen and oxygen atoms in total. The number of hydrogen-bond donors (Lipinski definition) is 2. The first-order chi connectivity index (χ1) is 15.7. The van der Waals surface area contributed by atoms with Crippen LogP contribution in [0.3, 0.4) is 0 Å². The van der Waals surface area contributed by atoms with Crippen LogP contribution in [-0.4, -0.2) is 66.6 Å². The lowest BCUT2D eigenvalue weighted by Gasteiger charge is -2.44. The number of benzene rings is 2. The van der Waals surface area contributed by atoms with Gasteiger partial charge in [-0.3, -0.25) is 9.69 Å². The minimum absolute atomic E-state index is 0.0143. The minimum Gasteiger partial charge on any atom is -0.389 e. The second-order valence-corrected chi connectivity index (χ2v) is 8.83. The zero-order valence-corrected chi connectivity index (χ0v) is 18.6. The first-order valence-electron chi connectivity index (χ1n) is 11.7. The van der Waals surface area contributed by atoms with Crippen LogP contribution in [0.2, 0.25) is 0 Å². The van der Waals surface area contributed by atoms with E-state index >= 15 is 0 Å². The Labute approximate surface area is 190 Å². The lowest BCUT2D eigenvalue weighted by molar-refractivity contribution is -0.156. The zero-order chi connectivity index (χ0) is 22.2. The van der Waals surface area contributed by atoms with Crippen molar-refractivity contribution in [1.29, 1.82) is 0 Å². The van der Waals surface area contributed by atoms with Crippen LogP contribution < -0.4 is 5.32 Å². The van der Waals surface area contributed by atoms with Crippen LogP contribution in [0.5, 0.6) is 0 Å². The number of carbonyl (C=O) groups excluding carboxylic acids is 1. The second kappa shape index (κ2) is 11.6. The fourth-order valence-corrected chi connectivity index (χ4v) is 4.70. The van der Waals surface area contributed by atoms with Gasteiger partial charge in [0.2, 0.25) is 5.91 Å². The van der Waals surface area contributed by atoms with Crippen molar-refractivity contribution < 1.29 is 19.4 Å². The molecule has 172 valence electrons. The van der Waals surface area contributed by atoms with Crippen LogP contribution in [-0.2, 0) is 27.2 Å². The van der Waals surface area contributed by atoms with Crippen molar-refractivity contribution in [1.82, 2.24) is 10.2 Å². The number of amides is 1. The molecular formula is C26H34N2O4. The number of hydrogen-bond acceptors (Lipinski definition) is 5. The summed E-state index contributed by atoms with van der Waals surface area (Å²) in [5.41, 5.74) is 2.38. The minimum atomic E-state index is -0.492. The Morgan fingerprint density at radius 1 is 1.00 bits per heavy atom. The van der Waals surface area contributed by atoms with E-state index in [0.29, 0.717) is 32.7 Å². The van der Waals surface area contributed by atoms with Gasteiger partial charge in [0.15, 0.2) is 0 Å². The molecule has 2 heterocycles. The first-order valence-corrected chi connectivity index (χ1v) is 11.7. The molecule has 2 aliphatic rings. The highest BCUT2D eigenvalue weighted by Gasteiger charge is 2.37. The predicted octanol–water partition coefficient (Wildman–Crippen LogP) is 2.54. The van der Waals surface area contributed by atoms with Crippen LogP contribution in [0, 0.1) is 0 Å². The maximum absolute atomic E-state index is 12.5. The molecule has 2 aromatic rings. The largest absolute Gasteiger partial charge is 0.389 e. The molecular weight excluding hydrogens is 404 g/mol. The predicted molar refractivity (Wildman–Crippen MR) is 123 cm³/mol. The molecule has 0 bridgehead atoms. The third-order valence-corrected chi connectivity index (χ3v) is 6.36. The summed E-state index contributed by atoms with van der Waals surface area (Å²) < 4.78 is 12.1. The summed E-state index contributed by atoms with van der Waals surface area (Å²) in [6.45, 7) is 2.75. The Balaban J connectivity index is 1.31. The summed E-state index contributed by atoms with van der Waals surface area (Å²) in [5.74, 6) is 0.0143. The third-order valence-electron chi connectivity index (χ3n) is 6.36. The summed E-state index contributed by atoms with van der Waals surface area (Å²) in [5, 5.41) is 13.3. The maximum Gasteiger partial charge on any atom is 0.222 e. The monoisotopic (exact) mass is 438 g/mol. The van der Waals surface area contributed by atoms with Gasteiger partial charge in [-0.15, -0.1) is 0 Å². The van der Waals surface area contributed by atoms with Crippen LogP contribution in [0.15, 0.2) is 60.7 Å². The normalized spacial score (nSPS) is 26.5. The van der Waals surface area contributed by atoms with Crippen LogP contribution in [0.4, 0.5) is 0 Å². The molecule has 2 aromatic carbocycles. The van der Waals surface area contributed by atoms with E-state index in [1.807, 2.05) is 36.4 Å². The quantitative estimate of drug-likeness (QED) is 0.695. The number of aliphatic hydroxyl groups excluding tert-OH is 1. The molecule has 2 aliphatic heterocycles. The van der Waals surface area contributed by atoms with Crippen molar-refractivity contribution in [2.45, 2.75) is 56.6 Å². The van der Waals surface area contributed by atoms with Gasteiger partial charge < -0.3 is 19.9 Å². The number of carbonyl (C=O) groups is 1. The van der Waals surface area contributed by atoms with Gasteiger partial charge in [-0.1, -0.05) is 60.7 Å². The summed E-state index contributed by atoms with van der Waals surface area (Å²) in [7, 11) is 0. The van der Waals surface area contributed by atoms with Crippen molar-refractivity contribution in [2.24, 2.45) is 0 Å². The Morgan fingerprint density at radius 2 is 1.72 bits per heavy atom. The van der Waals surface area contributed by atoms with Gasteiger partial charge in [0.25, 0.3) is 0 Å². The van der Waals surface area contributed by atoms with Gasteiger partial charge in [-0.05, 0) is 30.4 Å². The third kappa shape index (κ3) is 6.62. The lowest BCUT2D eigenvalue weighted by Crippen LogP contribution is -2.56. The molecule has 4 rings (SSSR count). The highest BCUT2D eigenvalue weighted by atomic mass is 16.5. The number of aliphatic hydroxyl groups is 1. The first kappa shape index (κ1) is 22.9. The van der Waals surface area contributed by atoms with E-state index in [9.17, 15) is 9.90 Å². The Morgan fingerprint density at radius 3 is 2.47 bits per heavy atom. The van der Waals surface area contributed by atoms with Gasteiger partial charge in [-0.25, -0.2) is 0 Å². The molecule has 32 heavy (non-hydrogen) atoms. The number of fused-ring (bicyclic) bond motifs is 1. The highest BCUT2D eigenvalue weighted by Crippen LogP contribution is 2.28. The average Bonchev–Trinajstić information content (AvgIpc) is 2.81.